The fraction of sp³-hybridized carbons (Fsp3) is 0.240. The van der Waals surface area contributed by atoms with Gasteiger partial charge in [0.05, 0.1) is 7.11 Å². The Morgan fingerprint density at radius 3 is 2.47 bits per heavy atom. The standard InChI is InChI=1S/C25H24N4O3/c1-18-5-3-4-6-21(18)24(30)28-13-15-29(16-14-28)25-22(17-26)27-23(32-25)12-9-19-7-10-20(31-2)11-8-19/h3-12H,13-16H2,1-2H3. The molecule has 1 amide bonds. The zero-order chi connectivity index (χ0) is 22.5. The predicted molar refractivity (Wildman–Crippen MR) is 122 cm³/mol. The molecule has 32 heavy (non-hydrogen) atoms. The molecule has 1 fully saturated rings. The first kappa shape index (κ1) is 21.2. The van der Waals surface area contributed by atoms with Crippen LogP contribution in [0.5, 0.6) is 5.75 Å². The van der Waals surface area contributed by atoms with E-state index in [9.17, 15) is 10.1 Å². The van der Waals surface area contributed by atoms with Crippen LogP contribution in [0.2, 0.25) is 0 Å². The van der Waals surface area contributed by atoms with Gasteiger partial charge in [-0.2, -0.15) is 10.2 Å². The summed E-state index contributed by atoms with van der Waals surface area (Å²) < 4.78 is 11.1. The largest absolute Gasteiger partial charge is 0.497 e. The van der Waals surface area contributed by atoms with E-state index in [4.69, 9.17) is 9.15 Å². The van der Waals surface area contributed by atoms with Crippen LogP contribution in [0.25, 0.3) is 12.2 Å². The molecule has 0 unspecified atom stereocenters. The Morgan fingerprint density at radius 1 is 1.09 bits per heavy atom. The van der Waals surface area contributed by atoms with Crippen molar-refractivity contribution in [2.75, 3.05) is 38.2 Å². The number of methoxy groups -OCH3 is 1. The van der Waals surface area contributed by atoms with Crippen molar-refractivity contribution in [3.05, 3.63) is 76.8 Å². The molecule has 0 radical (unpaired) electrons. The highest BCUT2D eigenvalue weighted by molar-refractivity contribution is 5.95. The van der Waals surface area contributed by atoms with Crippen LogP contribution in [-0.2, 0) is 0 Å². The second kappa shape index (κ2) is 9.40. The number of carbonyl (C=O) groups excluding carboxylic acids is 1. The highest BCUT2D eigenvalue weighted by Gasteiger charge is 2.27. The monoisotopic (exact) mass is 428 g/mol. The molecule has 1 aromatic heterocycles. The van der Waals surface area contributed by atoms with Gasteiger partial charge in [-0.1, -0.05) is 30.3 Å². The second-order valence-electron chi connectivity index (χ2n) is 7.52. The third-order valence-corrected chi connectivity index (χ3v) is 5.50. The SMILES string of the molecule is COc1ccc(C=Cc2nc(C#N)c(N3CCN(C(=O)c4ccccc4C)CC3)o2)cc1. The summed E-state index contributed by atoms with van der Waals surface area (Å²) >= 11 is 0. The summed E-state index contributed by atoms with van der Waals surface area (Å²) in [6.07, 6.45) is 3.61. The molecule has 3 aromatic rings. The third-order valence-electron chi connectivity index (χ3n) is 5.50. The third kappa shape index (κ3) is 4.49. The fourth-order valence-electron chi connectivity index (χ4n) is 3.67. The topological polar surface area (TPSA) is 82.6 Å². The van der Waals surface area contributed by atoms with Gasteiger partial charge in [-0.15, -0.1) is 0 Å². The number of amides is 1. The highest BCUT2D eigenvalue weighted by atomic mass is 16.5. The number of oxazole rings is 1. The fourth-order valence-corrected chi connectivity index (χ4v) is 3.67. The number of hydrogen-bond acceptors (Lipinski definition) is 6. The van der Waals surface area contributed by atoms with E-state index in [1.807, 2.05) is 71.3 Å². The van der Waals surface area contributed by atoms with Crippen LogP contribution in [0.1, 0.15) is 33.1 Å². The first-order valence-electron chi connectivity index (χ1n) is 10.4. The van der Waals surface area contributed by atoms with E-state index in [0.29, 0.717) is 38.0 Å². The molecule has 2 heterocycles. The zero-order valence-electron chi connectivity index (χ0n) is 18.1. The number of rotatable bonds is 5. The minimum absolute atomic E-state index is 0.0314. The maximum Gasteiger partial charge on any atom is 0.254 e. The van der Waals surface area contributed by atoms with Gasteiger partial charge >= 0.3 is 0 Å². The van der Waals surface area contributed by atoms with Crippen molar-refractivity contribution in [3.63, 3.8) is 0 Å². The van der Waals surface area contributed by atoms with Crippen molar-refractivity contribution in [2.24, 2.45) is 0 Å². The van der Waals surface area contributed by atoms with Gasteiger partial charge < -0.3 is 19.0 Å². The summed E-state index contributed by atoms with van der Waals surface area (Å²) in [6, 6.07) is 17.3. The lowest BCUT2D eigenvalue weighted by Crippen LogP contribution is -2.49. The maximum atomic E-state index is 12.9. The summed E-state index contributed by atoms with van der Waals surface area (Å²) in [7, 11) is 1.63. The molecule has 0 aliphatic carbocycles. The Hall–Kier alpha value is -4.05. The minimum Gasteiger partial charge on any atom is -0.497 e. The Labute approximate surface area is 187 Å². The smallest absolute Gasteiger partial charge is 0.254 e. The molecule has 0 atom stereocenters. The van der Waals surface area contributed by atoms with Crippen LogP contribution in [0.15, 0.2) is 52.9 Å². The molecule has 0 N–H and O–H groups in total. The number of aromatic nitrogens is 1. The molecular formula is C25H24N4O3. The number of benzene rings is 2. The summed E-state index contributed by atoms with van der Waals surface area (Å²) in [5.74, 6) is 1.63. The van der Waals surface area contributed by atoms with Crippen molar-refractivity contribution in [1.29, 1.82) is 5.26 Å². The first-order valence-corrected chi connectivity index (χ1v) is 10.4. The van der Waals surface area contributed by atoms with Crippen molar-refractivity contribution >= 4 is 23.9 Å². The summed E-state index contributed by atoms with van der Waals surface area (Å²) in [6.45, 7) is 4.19. The van der Waals surface area contributed by atoms with Crippen molar-refractivity contribution in [2.45, 2.75) is 6.92 Å². The van der Waals surface area contributed by atoms with Crippen LogP contribution in [0.3, 0.4) is 0 Å². The van der Waals surface area contributed by atoms with E-state index in [-0.39, 0.29) is 11.6 Å². The van der Waals surface area contributed by atoms with Gasteiger partial charge in [0.15, 0.2) is 0 Å². The van der Waals surface area contributed by atoms with Crippen molar-refractivity contribution in [1.82, 2.24) is 9.88 Å². The molecule has 7 nitrogen and oxygen atoms in total. The van der Waals surface area contributed by atoms with Gasteiger partial charge in [0, 0.05) is 37.8 Å². The van der Waals surface area contributed by atoms with Gasteiger partial charge in [0.2, 0.25) is 17.5 Å². The molecule has 162 valence electrons. The van der Waals surface area contributed by atoms with E-state index >= 15 is 0 Å². The maximum absolute atomic E-state index is 12.9. The molecule has 7 heteroatoms. The van der Waals surface area contributed by atoms with Crippen LogP contribution >= 0.6 is 0 Å². The molecule has 1 aliphatic heterocycles. The van der Waals surface area contributed by atoms with Crippen LogP contribution in [0, 0.1) is 18.3 Å². The summed E-state index contributed by atoms with van der Waals surface area (Å²) in [5.41, 5.74) is 2.91. The highest BCUT2D eigenvalue weighted by Crippen LogP contribution is 2.25. The van der Waals surface area contributed by atoms with Crippen molar-refractivity contribution < 1.29 is 13.9 Å². The lowest BCUT2D eigenvalue weighted by Gasteiger charge is -2.34. The lowest BCUT2D eigenvalue weighted by atomic mass is 10.1. The lowest BCUT2D eigenvalue weighted by molar-refractivity contribution is 0.0744. The average Bonchev–Trinajstić information content (AvgIpc) is 3.26. The predicted octanol–water partition coefficient (Wildman–Crippen LogP) is 4.00. The van der Waals surface area contributed by atoms with Gasteiger partial charge in [-0.05, 0) is 42.3 Å². The quantitative estimate of drug-likeness (QED) is 0.611. The number of anilines is 1. The number of nitrogens with zero attached hydrogens (tertiary/aromatic N) is 4. The van der Waals surface area contributed by atoms with Gasteiger partial charge in [-0.25, -0.2) is 0 Å². The Bertz CT molecular complexity index is 1170. The number of ether oxygens (including phenoxy) is 1. The number of piperazine rings is 1. The molecule has 1 saturated heterocycles. The zero-order valence-corrected chi connectivity index (χ0v) is 18.1. The molecule has 2 aromatic carbocycles. The van der Waals surface area contributed by atoms with E-state index in [2.05, 4.69) is 11.1 Å². The molecule has 0 saturated carbocycles. The molecular weight excluding hydrogens is 404 g/mol. The van der Waals surface area contributed by atoms with Crippen LogP contribution < -0.4 is 9.64 Å². The summed E-state index contributed by atoms with van der Waals surface area (Å²) in [4.78, 5) is 21.0. The van der Waals surface area contributed by atoms with E-state index in [1.165, 1.54) is 0 Å². The average molecular weight is 428 g/mol. The molecule has 4 rings (SSSR count). The van der Waals surface area contributed by atoms with Gasteiger partial charge in [-0.3, -0.25) is 4.79 Å². The Morgan fingerprint density at radius 2 is 1.81 bits per heavy atom. The minimum atomic E-state index is 0.0314. The number of nitriles is 1. The first-order chi connectivity index (χ1) is 15.6. The van der Waals surface area contributed by atoms with Crippen LogP contribution in [0.4, 0.5) is 5.88 Å². The number of hydrogen-bond donors (Lipinski definition) is 0. The van der Waals surface area contributed by atoms with Crippen molar-refractivity contribution in [3.8, 4) is 11.8 Å². The van der Waals surface area contributed by atoms with E-state index in [1.54, 1.807) is 13.2 Å². The Kier molecular flexibility index (Phi) is 6.22. The molecule has 0 spiro atoms. The van der Waals surface area contributed by atoms with E-state index < -0.39 is 0 Å². The normalized spacial score (nSPS) is 13.9. The molecule has 0 bridgehead atoms. The summed E-state index contributed by atoms with van der Waals surface area (Å²) in [5, 5.41) is 9.52. The van der Waals surface area contributed by atoms with Crippen LogP contribution in [-0.4, -0.2) is 49.1 Å². The van der Waals surface area contributed by atoms with E-state index in [0.717, 1.165) is 22.4 Å². The number of carbonyl (C=O) groups is 1. The molecule has 1 aliphatic rings. The second-order valence-corrected chi connectivity index (χ2v) is 7.52. The number of aryl methyl sites for hydroxylation is 1. The Balaban J connectivity index is 1.44. The van der Waals surface area contributed by atoms with Gasteiger partial charge in [0.25, 0.3) is 5.91 Å². The van der Waals surface area contributed by atoms with Gasteiger partial charge in [0.1, 0.15) is 11.8 Å².